The molecular weight excluding hydrogens is 260 g/mol. The second-order valence-electron chi connectivity index (χ2n) is 5.75. The highest BCUT2D eigenvalue weighted by Crippen LogP contribution is 2.27. The van der Waals surface area contributed by atoms with Crippen molar-refractivity contribution in [3.8, 4) is 0 Å². The smallest absolute Gasteiger partial charge is 0.150 e. The predicted octanol–water partition coefficient (Wildman–Crippen LogP) is 1.66. The van der Waals surface area contributed by atoms with Gasteiger partial charge in [0, 0.05) is 30.4 Å². The Bertz CT molecular complexity index is 364. The normalized spacial score (nSPS) is 24.5. The van der Waals surface area contributed by atoms with Gasteiger partial charge in [-0.25, -0.2) is 8.42 Å². The van der Waals surface area contributed by atoms with Gasteiger partial charge >= 0.3 is 0 Å². The first kappa shape index (κ1) is 16.9. The Morgan fingerprint density at radius 3 is 2.42 bits per heavy atom. The molecule has 0 radical (unpaired) electrons. The Labute approximate surface area is 118 Å². The van der Waals surface area contributed by atoms with Gasteiger partial charge in [-0.2, -0.15) is 0 Å². The van der Waals surface area contributed by atoms with Crippen molar-refractivity contribution in [3.63, 3.8) is 0 Å². The summed E-state index contributed by atoms with van der Waals surface area (Å²) >= 11 is 0. The van der Waals surface area contributed by atoms with Crippen LogP contribution in [0.3, 0.4) is 0 Å². The minimum atomic E-state index is -2.83. The van der Waals surface area contributed by atoms with E-state index < -0.39 is 9.84 Å². The average molecular weight is 290 g/mol. The molecule has 0 amide bonds. The van der Waals surface area contributed by atoms with Gasteiger partial charge in [-0.1, -0.05) is 20.8 Å². The van der Waals surface area contributed by atoms with Crippen molar-refractivity contribution in [2.24, 2.45) is 0 Å². The zero-order valence-electron chi connectivity index (χ0n) is 12.9. The molecule has 1 unspecified atom stereocenters. The molecule has 0 saturated carbocycles. The highest BCUT2D eigenvalue weighted by Gasteiger charge is 2.37. The van der Waals surface area contributed by atoms with Gasteiger partial charge in [-0.3, -0.25) is 4.90 Å². The van der Waals surface area contributed by atoms with Crippen LogP contribution < -0.4 is 5.32 Å². The summed E-state index contributed by atoms with van der Waals surface area (Å²) in [5, 5.41) is 3.56. The molecule has 1 atom stereocenters. The molecule has 0 bridgehead atoms. The maximum atomic E-state index is 11.6. The number of piperazine rings is 1. The van der Waals surface area contributed by atoms with Crippen molar-refractivity contribution in [3.05, 3.63) is 0 Å². The molecule has 1 aliphatic heterocycles. The molecule has 0 aromatic carbocycles. The van der Waals surface area contributed by atoms with Crippen LogP contribution in [0.25, 0.3) is 0 Å². The molecule has 1 aliphatic rings. The lowest BCUT2D eigenvalue weighted by Crippen LogP contribution is -2.63. The molecule has 0 aromatic heterocycles. The number of nitrogens with one attached hydrogen (secondary N) is 1. The van der Waals surface area contributed by atoms with E-state index in [1.54, 1.807) is 6.92 Å². The van der Waals surface area contributed by atoms with Crippen LogP contribution in [-0.4, -0.2) is 56.0 Å². The summed E-state index contributed by atoms with van der Waals surface area (Å²) in [7, 11) is -2.83. The van der Waals surface area contributed by atoms with Gasteiger partial charge in [-0.15, -0.1) is 0 Å². The second-order valence-corrected chi connectivity index (χ2v) is 8.22. The number of sulfone groups is 1. The van der Waals surface area contributed by atoms with Gasteiger partial charge in [0.2, 0.25) is 0 Å². The SMILES string of the molecule is CCC1(CC)CNC(C)CN1CCCS(=O)(=O)CC. The van der Waals surface area contributed by atoms with Crippen molar-refractivity contribution < 1.29 is 8.42 Å². The lowest BCUT2D eigenvalue weighted by Gasteiger charge is -2.49. The van der Waals surface area contributed by atoms with Gasteiger partial charge < -0.3 is 5.32 Å². The Kier molecular flexibility index (Phi) is 6.27. The quantitative estimate of drug-likeness (QED) is 0.775. The molecule has 4 nitrogen and oxygen atoms in total. The number of rotatable bonds is 7. The van der Waals surface area contributed by atoms with Crippen LogP contribution in [0.15, 0.2) is 0 Å². The fourth-order valence-electron chi connectivity index (χ4n) is 2.96. The summed E-state index contributed by atoms with van der Waals surface area (Å²) in [6, 6.07) is 0.494. The number of hydrogen-bond acceptors (Lipinski definition) is 4. The van der Waals surface area contributed by atoms with E-state index in [-0.39, 0.29) is 11.3 Å². The monoisotopic (exact) mass is 290 g/mol. The van der Waals surface area contributed by atoms with E-state index in [1.807, 2.05) is 0 Å². The molecule has 1 fully saturated rings. The van der Waals surface area contributed by atoms with Crippen LogP contribution >= 0.6 is 0 Å². The standard InChI is InChI=1S/C14H30N2O2S/c1-5-14(6-2)12-15-13(4)11-16(14)9-8-10-19(17,18)7-3/h13,15H,5-12H2,1-4H3. The average Bonchev–Trinajstić information content (AvgIpc) is 2.40. The van der Waals surface area contributed by atoms with E-state index in [1.165, 1.54) is 0 Å². The van der Waals surface area contributed by atoms with Crippen molar-refractivity contribution in [1.29, 1.82) is 0 Å². The minimum Gasteiger partial charge on any atom is -0.311 e. The summed E-state index contributed by atoms with van der Waals surface area (Å²) < 4.78 is 23.1. The molecule has 0 spiro atoms. The highest BCUT2D eigenvalue weighted by molar-refractivity contribution is 7.91. The number of hydrogen-bond donors (Lipinski definition) is 1. The van der Waals surface area contributed by atoms with Gasteiger partial charge in [-0.05, 0) is 32.7 Å². The molecule has 19 heavy (non-hydrogen) atoms. The fraction of sp³-hybridized carbons (Fsp3) is 1.00. The van der Waals surface area contributed by atoms with E-state index in [9.17, 15) is 8.42 Å². The molecular formula is C14H30N2O2S. The van der Waals surface area contributed by atoms with Crippen LogP contribution in [0.5, 0.6) is 0 Å². The van der Waals surface area contributed by atoms with Gasteiger partial charge in [0.1, 0.15) is 9.84 Å². The van der Waals surface area contributed by atoms with Crippen LogP contribution in [0.4, 0.5) is 0 Å². The van der Waals surface area contributed by atoms with Crippen molar-refractivity contribution >= 4 is 9.84 Å². The van der Waals surface area contributed by atoms with Crippen LogP contribution in [-0.2, 0) is 9.84 Å². The lowest BCUT2D eigenvalue weighted by atomic mass is 9.87. The summed E-state index contributed by atoms with van der Waals surface area (Å²) in [6.07, 6.45) is 2.98. The molecule has 1 rings (SSSR count). The van der Waals surface area contributed by atoms with Crippen LogP contribution in [0, 0.1) is 0 Å². The Morgan fingerprint density at radius 2 is 1.89 bits per heavy atom. The summed E-state index contributed by atoms with van der Waals surface area (Å²) in [4.78, 5) is 2.51. The van der Waals surface area contributed by atoms with Crippen molar-refractivity contribution in [2.75, 3.05) is 31.1 Å². The maximum absolute atomic E-state index is 11.6. The van der Waals surface area contributed by atoms with E-state index in [0.717, 1.165) is 38.9 Å². The van der Waals surface area contributed by atoms with Gasteiger partial charge in [0.05, 0.1) is 5.75 Å². The maximum Gasteiger partial charge on any atom is 0.150 e. The Morgan fingerprint density at radius 1 is 1.26 bits per heavy atom. The summed E-state index contributed by atoms with van der Waals surface area (Å²) in [5.41, 5.74) is 0.211. The van der Waals surface area contributed by atoms with Gasteiger partial charge in [0.25, 0.3) is 0 Å². The first-order valence-corrected chi connectivity index (χ1v) is 9.40. The molecule has 1 heterocycles. The van der Waals surface area contributed by atoms with Crippen molar-refractivity contribution in [2.45, 2.75) is 58.5 Å². The molecule has 5 heteroatoms. The zero-order valence-corrected chi connectivity index (χ0v) is 13.7. The third-order valence-corrected chi connectivity index (χ3v) is 6.37. The summed E-state index contributed by atoms with van der Waals surface area (Å²) in [6.45, 7) is 11.3. The Balaban J connectivity index is 2.61. The second kappa shape index (κ2) is 7.04. The highest BCUT2D eigenvalue weighted by atomic mass is 32.2. The molecule has 0 aromatic rings. The Hall–Kier alpha value is -0.130. The third kappa shape index (κ3) is 4.43. The van der Waals surface area contributed by atoms with Crippen LogP contribution in [0.2, 0.25) is 0 Å². The minimum absolute atomic E-state index is 0.211. The van der Waals surface area contributed by atoms with E-state index >= 15 is 0 Å². The molecule has 1 saturated heterocycles. The predicted molar refractivity (Wildman–Crippen MR) is 81.3 cm³/mol. The largest absolute Gasteiger partial charge is 0.311 e. The summed E-state index contributed by atoms with van der Waals surface area (Å²) in [5.74, 6) is 0.586. The van der Waals surface area contributed by atoms with E-state index in [0.29, 0.717) is 11.8 Å². The first-order chi connectivity index (χ1) is 8.89. The molecule has 0 aliphatic carbocycles. The third-order valence-electron chi connectivity index (χ3n) is 4.58. The molecule has 1 N–H and O–H groups in total. The number of nitrogens with zero attached hydrogens (tertiary/aromatic N) is 1. The first-order valence-electron chi connectivity index (χ1n) is 7.58. The lowest BCUT2D eigenvalue weighted by molar-refractivity contribution is 0.0353. The molecule has 114 valence electrons. The van der Waals surface area contributed by atoms with Crippen LogP contribution in [0.1, 0.15) is 47.0 Å². The van der Waals surface area contributed by atoms with E-state index in [4.69, 9.17) is 0 Å². The zero-order chi connectivity index (χ0) is 14.5. The van der Waals surface area contributed by atoms with Gasteiger partial charge in [0.15, 0.2) is 0 Å². The topological polar surface area (TPSA) is 49.4 Å². The van der Waals surface area contributed by atoms with Crippen molar-refractivity contribution in [1.82, 2.24) is 10.2 Å². The fourth-order valence-corrected chi connectivity index (χ4v) is 3.82. The van der Waals surface area contributed by atoms with E-state index in [2.05, 4.69) is 31.0 Å².